The van der Waals surface area contributed by atoms with E-state index in [9.17, 15) is 4.79 Å². The Bertz CT molecular complexity index is 465. The fourth-order valence-corrected chi connectivity index (χ4v) is 2.27. The van der Waals surface area contributed by atoms with Gasteiger partial charge in [0.15, 0.2) is 0 Å². The number of ether oxygens (including phenoxy) is 1. The van der Waals surface area contributed by atoms with Crippen molar-refractivity contribution < 1.29 is 14.6 Å². The lowest BCUT2D eigenvalue weighted by Crippen LogP contribution is -2.46. The SMILES string of the molecule is CC(C)c1nccc(CN2CCOCC2CC(=O)O)n1. The second kappa shape index (κ2) is 6.76. The van der Waals surface area contributed by atoms with Gasteiger partial charge in [0.2, 0.25) is 0 Å². The highest BCUT2D eigenvalue weighted by atomic mass is 16.5. The third-order valence-electron chi connectivity index (χ3n) is 3.37. The van der Waals surface area contributed by atoms with Crippen LogP contribution >= 0.6 is 0 Å². The van der Waals surface area contributed by atoms with Crippen molar-refractivity contribution in [3.63, 3.8) is 0 Å². The Kier molecular flexibility index (Phi) is 5.03. The number of nitrogens with zero attached hydrogens (tertiary/aromatic N) is 3. The minimum atomic E-state index is -0.795. The van der Waals surface area contributed by atoms with Gasteiger partial charge in [-0.15, -0.1) is 0 Å². The number of carboxylic acids is 1. The van der Waals surface area contributed by atoms with Gasteiger partial charge in [0.05, 0.1) is 25.3 Å². The molecule has 1 unspecified atom stereocenters. The molecule has 0 saturated carbocycles. The average Bonchev–Trinajstić information content (AvgIpc) is 2.41. The number of carboxylic acid groups (broad SMARTS) is 1. The second-order valence-corrected chi connectivity index (χ2v) is 5.36. The zero-order valence-electron chi connectivity index (χ0n) is 12.0. The maximum Gasteiger partial charge on any atom is 0.305 e. The summed E-state index contributed by atoms with van der Waals surface area (Å²) in [6.45, 7) is 6.59. The molecule has 2 heterocycles. The fraction of sp³-hybridized carbons (Fsp3) is 0.643. The van der Waals surface area contributed by atoms with Gasteiger partial charge < -0.3 is 9.84 Å². The predicted molar refractivity (Wildman–Crippen MR) is 73.4 cm³/mol. The summed E-state index contributed by atoms with van der Waals surface area (Å²) in [6, 6.07) is 1.80. The van der Waals surface area contributed by atoms with Crippen LogP contribution in [0.2, 0.25) is 0 Å². The minimum Gasteiger partial charge on any atom is -0.481 e. The van der Waals surface area contributed by atoms with Crippen LogP contribution < -0.4 is 0 Å². The van der Waals surface area contributed by atoms with Crippen LogP contribution in [-0.2, 0) is 16.1 Å². The van der Waals surface area contributed by atoms with E-state index in [1.54, 1.807) is 6.20 Å². The Balaban J connectivity index is 2.06. The Hall–Kier alpha value is -1.53. The Labute approximate surface area is 118 Å². The Morgan fingerprint density at radius 1 is 1.60 bits per heavy atom. The molecule has 0 amide bonds. The van der Waals surface area contributed by atoms with Crippen LogP contribution in [0.1, 0.15) is 37.7 Å². The molecule has 1 aromatic rings. The molecule has 0 radical (unpaired) electrons. The topological polar surface area (TPSA) is 75.6 Å². The Morgan fingerprint density at radius 3 is 3.10 bits per heavy atom. The van der Waals surface area contributed by atoms with Gasteiger partial charge in [-0.1, -0.05) is 13.8 Å². The normalized spacial score (nSPS) is 20.2. The van der Waals surface area contributed by atoms with Gasteiger partial charge in [-0.05, 0) is 6.07 Å². The highest BCUT2D eigenvalue weighted by Gasteiger charge is 2.25. The third kappa shape index (κ3) is 3.98. The van der Waals surface area contributed by atoms with E-state index >= 15 is 0 Å². The van der Waals surface area contributed by atoms with Gasteiger partial charge in [0.25, 0.3) is 0 Å². The van der Waals surface area contributed by atoms with Crippen molar-refractivity contribution in [3.05, 3.63) is 23.8 Å². The van der Waals surface area contributed by atoms with Crippen molar-refractivity contribution in [2.45, 2.75) is 38.8 Å². The van der Waals surface area contributed by atoms with Gasteiger partial charge in [-0.3, -0.25) is 9.69 Å². The summed E-state index contributed by atoms with van der Waals surface area (Å²) in [5, 5.41) is 8.96. The van der Waals surface area contributed by atoms with Gasteiger partial charge in [0.1, 0.15) is 5.82 Å². The van der Waals surface area contributed by atoms with E-state index in [2.05, 4.69) is 28.7 Å². The molecule has 1 aliphatic rings. The summed E-state index contributed by atoms with van der Waals surface area (Å²) in [5.41, 5.74) is 0.931. The number of morpholine rings is 1. The standard InChI is InChI=1S/C14H21N3O3/c1-10(2)14-15-4-3-11(16-14)8-17-5-6-20-9-12(17)7-13(18)19/h3-4,10,12H,5-9H2,1-2H3,(H,18,19). The first-order valence-electron chi connectivity index (χ1n) is 6.91. The van der Waals surface area contributed by atoms with Gasteiger partial charge >= 0.3 is 5.97 Å². The molecule has 1 fully saturated rings. The van der Waals surface area contributed by atoms with Crippen LogP contribution in [-0.4, -0.2) is 51.7 Å². The number of aromatic nitrogens is 2. The summed E-state index contributed by atoms with van der Waals surface area (Å²) in [4.78, 5) is 21.8. The fourth-order valence-electron chi connectivity index (χ4n) is 2.27. The zero-order valence-corrected chi connectivity index (χ0v) is 12.0. The van der Waals surface area contributed by atoms with Gasteiger partial charge in [-0.25, -0.2) is 9.97 Å². The molecule has 1 atom stereocenters. The molecule has 0 aliphatic carbocycles. The molecule has 6 nitrogen and oxygen atoms in total. The van der Waals surface area contributed by atoms with Crippen LogP contribution in [0.5, 0.6) is 0 Å². The number of hydrogen-bond donors (Lipinski definition) is 1. The monoisotopic (exact) mass is 279 g/mol. The molecule has 1 aromatic heterocycles. The van der Waals surface area contributed by atoms with Crippen molar-refractivity contribution in [1.29, 1.82) is 0 Å². The molecule has 1 aliphatic heterocycles. The molecule has 0 aromatic carbocycles. The van der Waals surface area contributed by atoms with E-state index in [4.69, 9.17) is 9.84 Å². The summed E-state index contributed by atoms with van der Waals surface area (Å²) < 4.78 is 5.38. The quantitative estimate of drug-likeness (QED) is 0.875. The summed E-state index contributed by atoms with van der Waals surface area (Å²) in [7, 11) is 0. The number of aliphatic carboxylic acids is 1. The summed E-state index contributed by atoms with van der Waals surface area (Å²) >= 11 is 0. The minimum absolute atomic E-state index is 0.0845. The first kappa shape index (κ1) is 14.9. The maximum atomic E-state index is 10.9. The summed E-state index contributed by atoms with van der Waals surface area (Å²) in [5.74, 6) is 0.316. The smallest absolute Gasteiger partial charge is 0.305 e. The van der Waals surface area contributed by atoms with E-state index in [1.165, 1.54) is 0 Å². The van der Waals surface area contributed by atoms with Crippen LogP contribution in [0, 0.1) is 0 Å². The van der Waals surface area contributed by atoms with Crippen LogP contribution in [0.3, 0.4) is 0 Å². The van der Waals surface area contributed by atoms with E-state index in [0.29, 0.717) is 19.8 Å². The lowest BCUT2D eigenvalue weighted by atomic mass is 10.1. The Morgan fingerprint density at radius 2 is 2.40 bits per heavy atom. The van der Waals surface area contributed by atoms with E-state index in [-0.39, 0.29) is 18.4 Å². The molecule has 2 rings (SSSR count). The molecule has 110 valence electrons. The van der Waals surface area contributed by atoms with Crippen LogP contribution in [0.15, 0.2) is 12.3 Å². The molecule has 20 heavy (non-hydrogen) atoms. The van der Waals surface area contributed by atoms with Crippen LogP contribution in [0.25, 0.3) is 0 Å². The van der Waals surface area contributed by atoms with Crippen molar-refractivity contribution in [2.75, 3.05) is 19.8 Å². The molecular weight excluding hydrogens is 258 g/mol. The van der Waals surface area contributed by atoms with E-state index < -0.39 is 5.97 Å². The maximum absolute atomic E-state index is 10.9. The lowest BCUT2D eigenvalue weighted by Gasteiger charge is -2.34. The molecule has 0 spiro atoms. The van der Waals surface area contributed by atoms with Crippen molar-refractivity contribution >= 4 is 5.97 Å². The lowest BCUT2D eigenvalue weighted by molar-refractivity contribution is -0.140. The average molecular weight is 279 g/mol. The van der Waals surface area contributed by atoms with Crippen molar-refractivity contribution in [2.24, 2.45) is 0 Å². The second-order valence-electron chi connectivity index (χ2n) is 5.36. The number of rotatable bonds is 5. The van der Waals surface area contributed by atoms with Gasteiger partial charge in [-0.2, -0.15) is 0 Å². The molecule has 1 N–H and O–H groups in total. The van der Waals surface area contributed by atoms with Crippen molar-refractivity contribution in [3.8, 4) is 0 Å². The third-order valence-corrected chi connectivity index (χ3v) is 3.37. The van der Waals surface area contributed by atoms with E-state index in [1.807, 2.05) is 6.07 Å². The van der Waals surface area contributed by atoms with E-state index in [0.717, 1.165) is 18.1 Å². The largest absolute Gasteiger partial charge is 0.481 e. The zero-order chi connectivity index (χ0) is 14.5. The number of carbonyl (C=O) groups is 1. The predicted octanol–water partition coefficient (Wildman–Crippen LogP) is 1.28. The first-order valence-corrected chi connectivity index (χ1v) is 6.91. The molecule has 6 heteroatoms. The van der Waals surface area contributed by atoms with Crippen molar-refractivity contribution in [1.82, 2.24) is 14.9 Å². The molecule has 1 saturated heterocycles. The molecule has 0 bridgehead atoms. The first-order chi connectivity index (χ1) is 9.56. The number of hydrogen-bond acceptors (Lipinski definition) is 5. The highest BCUT2D eigenvalue weighted by Crippen LogP contribution is 2.15. The molecular formula is C14H21N3O3. The van der Waals surface area contributed by atoms with Crippen LogP contribution in [0.4, 0.5) is 0 Å². The highest BCUT2D eigenvalue weighted by molar-refractivity contribution is 5.67. The summed E-state index contributed by atoms with van der Waals surface area (Å²) in [6.07, 6.45) is 1.87. The van der Waals surface area contributed by atoms with Gasteiger partial charge in [0, 0.05) is 31.2 Å².